The summed E-state index contributed by atoms with van der Waals surface area (Å²) in [4.78, 5) is 28.5. The average molecular weight is 278 g/mol. The number of esters is 1. The molecule has 0 atom stereocenters. The van der Waals surface area contributed by atoms with Gasteiger partial charge < -0.3 is 4.74 Å². The number of nitrogens with zero attached hydrogens (tertiary/aromatic N) is 2. The summed E-state index contributed by atoms with van der Waals surface area (Å²) in [7, 11) is 1.34. The van der Waals surface area contributed by atoms with Crippen molar-refractivity contribution in [3.8, 4) is 0 Å². The zero-order valence-corrected chi connectivity index (χ0v) is 11.6. The van der Waals surface area contributed by atoms with Crippen molar-refractivity contribution in [2.24, 2.45) is 0 Å². The Morgan fingerprint density at radius 1 is 1.58 bits per heavy atom. The number of allylic oxidation sites excluding steroid dienone is 1. The molecule has 6 heteroatoms. The van der Waals surface area contributed by atoms with Crippen molar-refractivity contribution in [2.45, 2.75) is 19.9 Å². The molecule has 0 N–H and O–H groups in total. The van der Waals surface area contributed by atoms with Crippen molar-refractivity contribution >= 4 is 27.5 Å². The summed E-state index contributed by atoms with van der Waals surface area (Å²) in [6.07, 6.45) is 3.77. The van der Waals surface area contributed by atoms with Crippen LogP contribution in [0.3, 0.4) is 0 Å². The van der Waals surface area contributed by atoms with Crippen LogP contribution in [-0.2, 0) is 16.1 Å². The smallest absolute Gasteiger partial charge is 0.333 e. The Kier molecular flexibility index (Phi) is 4.11. The van der Waals surface area contributed by atoms with Gasteiger partial charge in [0.1, 0.15) is 4.83 Å². The standard InChI is InChI=1S/C13H14N2O3S/c1-3-9(13(17)18-2)4-6-15-8-14-11-10(12(15)16)5-7-19-11/h4-5,7-8H,3,6H2,1-2H3. The fourth-order valence-electron chi connectivity index (χ4n) is 1.73. The molecule has 2 heterocycles. The van der Waals surface area contributed by atoms with Gasteiger partial charge in [0.2, 0.25) is 0 Å². The van der Waals surface area contributed by atoms with Gasteiger partial charge in [0.25, 0.3) is 5.56 Å². The van der Waals surface area contributed by atoms with Crippen LogP contribution in [0.4, 0.5) is 0 Å². The minimum atomic E-state index is -0.361. The number of ether oxygens (including phenoxy) is 1. The lowest BCUT2D eigenvalue weighted by atomic mass is 10.2. The maximum absolute atomic E-state index is 12.1. The van der Waals surface area contributed by atoms with Crippen LogP contribution in [0.1, 0.15) is 13.3 Å². The highest BCUT2D eigenvalue weighted by Gasteiger charge is 2.08. The molecule has 0 fully saturated rings. The predicted octanol–water partition coefficient (Wildman–Crippen LogP) is 1.97. The number of fused-ring (bicyclic) bond motifs is 1. The van der Waals surface area contributed by atoms with Crippen molar-refractivity contribution < 1.29 is 9.53 Å². The Hall–Kier alpha value is -1.95. The molecule has 0 aliphatic rings. The molecule has 5 nitrogen and oxygen atoms in total. The fourth-order valence-corrected chi connectivity index (χ4v) is 2.46. The molecule has 2 aromatic rings. The Labute approximate surface area is 114 Å². The maximum atomic E-state index is 12.1. The lowest BCUT2D eigenvalue weighted by molar-refractivity contribution is -0.136. The highest BCUT2D eigenvalue weighted by atomic mass is 32.1. The molecule has 0 saturated carbocycles. The zero-order valence-electron chi connectivity index (χ0n) is 10.8. The molecule has 100 valence electrons. The summed E-state index contributed by atoms with van der Waals surface area (Å²) >= 11 is 1.43. The van der Waals surface area contributed by atoms with Crippen LogP contribution in [-0.4, -0.2) is 22.6 Å². The summed E-state index contributed by atoms with van der Waals surface area (Å²) < 4.78 is 6.15. The molecule has 0 unspecified atom stereocenters. The van der Waals surface area contributed by atoms with E-state index in [1.807, 2.05) is 12.3 Å². The number of carbonyl (C=O) groups is 1. The Bertz CT molecular complexity index is 684. The van der Waals surface area contributed by atoms with E-state index in [1.165, 1.54) is 29.3 Å². The first-order valence-electron chi connectivity index (χ1n) is 5.87. The van der Waals surface area contributed by atoms with E-state index in [1.54, 1.807) is 12.1 Å². The number of methoxy groups -OCH3 is 1. The van der Waals surface area contributed by atoms with Gasteiger partial charge in [-0.1, -0.05) is 13.0 Å². The van der Waals surface area contributed by atoms with Crippen LogP contribution < -0.4 is 5.56 Å². The van der Waals surface area contributed by atoms with Crippen molar-refractivity contribution in [2.75, 3.05) is 7.11 Å². The largest absolute Gasteiger partial charge is 0.466 e. The van der Waals surface area contributed by atoms with E-state index in [0.717, 1.165) is 4.83 Å². The molecule has 0 bridgehead atoms. The molecule has 0 amide bonds. The van der Waals surface area contributed by atoms with Gasteiger partial charge >= 0.3 is 5.97 Å². The topological polar surface area (TPSA) is 61.2 Å². The monoisotopic (exact) mass is 278 g/mol. The van der Waals surface area contributed by atoms with E-state index in [-0.39, 0.29) is 11.5 Å². The minimum absolute atomic E-state index is 0.0946. The van der Waals surface area contributed by atoms with E-state index in [4.69, 9.17) is 0 Å². The lowest BCUT2D eigenvalue weighted by Crippen LogP contribution is -2.19. The number of carbonyl (C=O) groups excluding carboxylic acids is 1. The van der Waals surface area contributed by atoms with Crippen molar-refractivity contribution in [1.82, 2.24) is 9.55 Å². The van der Waals surface area contributed by atoms with Crippen LogP contribution in [0.15, 0.2) is 34.2 Å². The maximum Gasteiger partial charge on any atom is 0.333 e. The molecule has 2 rings (SSSR count). The third-order valence-corrected chi connectivity index (χ3v) is 3.63. The second-order valence-corrected chi connectivity index (χ2v) is 4.81. The second kappa shape index (κ2) is 5.79. The first kappa shape index (κ1) is 13.5. The van der Waals surface area contributed by atoms with Gasteiger partial charge in [-0.25, -0.2) is 9.78 Å². The molecule has 0 aliphatic heterocycles. The molecule has 0 aromatic carbocycles. The third-order valence-electron chi connectivity index (χ3n) is 2.81. The average Bonchev–Trinajstić information content (AvgIpc) is 2.90. The number of rotatable bonds is 4. The lowest BCUT2D eigenvalue weighted by Gasteiger charge is -2.04. The second-order valence-electron chi connectivity index (χ2n) is 3.92. The highest BCUT2D eigenvalue weighted by molar-refractivity contribution is 7.16. The van der Waals surface area contributed by atoms with E-state index in [9.17, 15) is 9.59 Å². The van der Waals surface area contributed by atoms with Crippen LogP contribution >= 0.6 is 11.3 Å². The van der Waals surface area contributed by atoms with E-state index in [0.29, 0.717) is 23.9 Å². The Balaban J connectivity index is 2.31. The van der Waals surface area contributed by atoms with Crippen molar-refractivity contribution in [3.63, 3.8) is 0 Å². The summed E-state index contributed by atoms with van der Waals surface area (Å²) in [5.41, 5.74) is 0.461. The SMILES string of the molecule is CCC(=CCn1cnc2sccc2c1=O)C(=O)OC. The summed E-state index contributed by atoms with van der Waals surface area (Å²) in [6, 6.07) is 1.76. The van der Waals surface area contributed by atoms with Crippen LogP contribution in [0.25, 0.3) is 10.2 Å². The number of hydrogen-bond donors (Lipinski definition) is 0. The van der Waals surface area contributed by atoms with Crippen LogP contribution in [0, 0.1) is 0 Å². The van der Waals surface area contributed by atoms with Gasteiger partial charge in [-0.05, 0) is 17.9 Å². The van der Waals surface area contributed by atoms with Gasteiger partial charge in [-0.15, -0.1) is 11.3 Å². The van der Waals surface area contributed by atoms with Crippen LogP contribution in [0.2, 0.25) is 0 Å². The number of thiophene rings is 1. The van der Waals surface area contributed by atoms with Crippen LogP contribution in [0.5, 0.6) is 0 Å². The summed E-state index contributed by atoms with van der Waals surface area (Å²) in [5, 5.41) is 2.45. The first-order valence-corrected chi connectivity index (χ1v) is 6.75. The Morgan fingerprint density at radius 2 is 2.37 bits per heavy atom. The molecule has 0 aliphatic carbocycles. The van der Waals surface area contributed by atoms with E-state index >= 15 is 0 Å². The molecule has 19 heavy (non-hydrogen) atoms. The van der Waals surface area contributed by atoms with Gasteiger partial charge in [0.05, 0.1) is 18.8 Å². The molecule has 2 aromatic heterocycles. The third kappa shape index (κ3) is 2.73. The first-order chi connectivity index (χ1) is 9.17. The van der Waals surface area contributed by atoms with Gasteiger partial charge in [0, 0.05) is 12.1 Å². The van der Waals surface area contributed by atoms with Gasteiger partial charge in [-0.3, -0.25) is 9.36 Å². The minimum Gasteiger partial charge on any atom is -0.466 e. The Morgan fingerprint density at radius 3 is 3.05 bits per heavy atom. The molecule has 0 saturated heterocycles. The molecule has 0 spiro atoms. The van der Waals surface area contributed by atoms with Gasteiger partial charge in [-0.2, -0.15) is 0 Å². The number of aromatic nitrogens is 2. The normalized spacial score (nSPS) is 11.8. The fraction of sp³-hybridized carbons (Fsp3) is 0.308. The predicted molar refractivity (Wildman–Crippen MR) is 74.3 cm³/mol. The summed E-state index contributed by atoms with van der Waals surface area (Å²) in [6.45, 7) is 2.18. The quantitative estimate of drug-likeness (QED) is 0.633. The highest BCUT2D eigenvalue weighted by Crippen LogP contribution is 2.13. The van der Waals surface area contributed by atoms with Crippen molar-refractivity contribution in [1.29, 1.82) is 0 Å². The van der Waals surface area contributed by atoms with E-state index in [2.05, 4.69) is 9.72 Å². The molecular weight excluding hydrogens is 264 g/mol. The van der Waals surface area contributed by atoms with E-state index < -0.39 is 0 Å². The van der Waals surface area contributed by atoms with Crippen molar-refractivity contribution in [3.05, 3.63) is 39.8 Å². The number of hydrogen-bond acceptors (Lipinski definition) is 5. The van der Waals surface area contributed by atoms with Gasteiger partial charge in [0.15, 0.2) is 0 Å². The molecular formula is C13H14N2O3S. The molecule has 0 radical (unpaired) electrons. The summed E-state index contributed by atoms with van der Waals surface area (Å²) in [5.74, 6) is -0.361. The zero-order chi connectivity index (χ0) is 13.8.